The van der Waals surface area contributed by atoms with Gasteiger partial charge in [0.1, 0.15) is 36.5 Å². The van der Waals surface area contributed by atoms with Crippen LogP contribution in [0.5, 0.6) is 0 Å². The smallest absolute Gasteiger partial charge is 0.248 e. The van der Waals surface area contributed by atoms with E-state index in [0.29, 0.717) is 25.7 Å². The first-order valence-electron chi connectivity index (χ1n) is 18.2. The number of amides is 4. The van der Waals surface area contributed by atoms with Gasteiger partial charge in [0.15, 0.2) is 0 Å². The van der Waals surface area contributed by atoms with E-state index in [1.165, 1.54) is 0 Å². The van der Waals surface area contributed by atoms with Crippen LogP contribution in [0.1, 0.15) is 35.1 Å². The Labute approximate surface area is 302 Å². The summed E-state index contributed by atoms with van der Waals surface area (Å²) in [5, 5.41) is 7.53. The maximum absolute atomic E-state index is 14.9. The normalized spacial score (nSPS) is 32.5. The number of piperazine rings is 2. The molecule has 262 valence electrons. The number of benzene rings is 4. The molecule has 0 spiro atoms. The second-order valence-corrected chi connectivity index (χ2v) is 15.4. The van der Waals surface area contributed by atoms with Gasteiger partial charge in [-0.2, -0.15) is 0 Å². The molecule has 8 atom stereocenters. The van der Waals surface area contributed by atoms with E-state index in [2.05, 4.69) is 22.8 Å². The Morgan fingerprint density at radius 1 is 0.519 bits per heavy atom. The first-order valence-corrected chi connectivity index (χ1v) is 18.2. The predicted molar refractivity (Wildman–Crippen MR) is 195 cm³/mol. The van der Waals surface area contributed by atoms with Gasteiger partial charge in [-0.15, -0.1) is 0 Å². The minimum absolute atomic E-state index is 0.0914. The Morgan fingerprint density at radius 3 is 1.29 bits per heavy atom. The topological polar surface area (TPSA) is 105 Å². The van der Waals surface area contributed by atoms with E-state index in [0.717, 1.165) is 33.6 Å². The zero-order chi connectivity index (χ0) is 35.5. The quantitative estimate of drug-likeness (QED) is 0.331. The molecular weight excluding hydrogens is 652 g/mol. The first kappa shape index (κ1) is 31.1. The summed E-state index contributed by atoms with van der Waals surface area (Å²) >= 11 is 0. The monoisotopic (exact) mass is 692 g/mol. The molecule has 4 amide bonds. The average molecular weight is 693 g/mol. The summed E-state index contributed by atoms with van der Waals surface area (Å²) in [6, 6.07) is 33.2. The van der Waals surface area contributed by atoms with Gasteiger partial charge in [-0.1, -0.05) is 97.1 Å². The predicted octanol–water partition coefficient (Wildman–Crippen LogP) is 3.73. The van der Waals surface area contributed by atoms with Crippen molar-refractivity contribution < 1.29 is 19.2 Å². The molecule has 10 nitrogen and oxygen atoms in total. The molecule has 0 unspecified atom stereocenters. The fraction of sp³-hybridized carbons (Fsp3) is 0.333. The summed E-state index contributed by atoms with van der Waals surface area (Å²) in [5.74, 6) is -0.376. The lowest BCUT2D eigenvalue weighted by Gasteiger charge is -2.48. The Bertz CT molecular complexity index is 2010. The highest BCUT2D eigenvalue weighted by Gasteiger charge is 2.78. The van der Waals surface area contributed by atoms with Crippen molar-refractivity contribution in [3.05, 3.63) is 131 Å². The first-order chi connectivity index (χ1) is 25.3. The lowest BCUT2D eigenvalue weighted by molar-refractivity contribution is -0.159. The minimum atomic E-state index is -0.863. The summed E-state index contributed by atoms with van der Waals surface area (Å²) in [4.78, 5) is 65.9. The number of anilines is 2. The number of nitrogens with one attached hydrogen (secondary N) is 2. The lowest BCUT2D eigenvalue weighted by Crippen LogP contribution is -2.67. The fourth-order valence-electron chi connectivity index (χ4n) is 10.9. The van der Waals surface area contributed by atoms with Crippen molar-refractivity contribution in [1.82, 2.24) is 19.6 Å². The van der Waals surface area contributed by atoms with Crippen molar-refractivity contribution in [3.63, 3.8) is 0 Å². The minimum Gasteiger partial charge on any atom is -0.364 e. The van der Waals surface area contributed by atoms with Crippen LogP contribution < -0.4 is 10.6 Å². The molecule has 10 heteroatoms. The number of carbonyl (C=O) groups is 4. The summed E-state index contributed by atoms with van der Waals surface area (Å²) in [6.07, 6.45) is 0.352. The second kappa shape index (κ2) is 10.9. The van der Waals surface area contributed by atoms with E-state index in [1.54, 1.807) is 23.9 Å². The van der Waals surface area contributed by atoms with Crippen molar-refractivity contribution in [3.8, 4) is 0 Å². The average Bonchev–Trinajstić information content (AvgIpc) is 3.88. The summed E-state index contributed by atoms with van der Waals surface area (Å²) < 4.78 is 0. The third-order valence-electron chi connectivity index (χ3n) is 13.2. The van der Waals surface area contributed by atoms with Crippen LogP contribution in [0.25, 0.3) is 0 Å². The van der Waals surface area contributed by atoms with Crippen LogP contribution in [-0.4, -0.2) is 93.8 Å². The van der Waals surface area contributed by atoms with Crippen LogP contribution >= 0.6 is 0 Å². The number of hydrogen-bond donors (Lipinski definition) is 2. The highest BCUT2D eigenvalue weighted by molar-refractivity contribution is 6.01. The Kier molecular flexibility index (Phi) is 6.54. The number of carbonyl (C=O) groups excluding carboxylic acids is 4. The van der Waals surface area contributed by atoms with Gasteiger partial charge < -0.3 is 30.2 Å². The van der Waals surface area contributed by atoms with Gasteiger partial charge in [0.05, 0.1) is 10.8 Å². The van der Waals surface area contributed by atoms with Gasteiger partial charge in [-0.05, 0) is 47.2 Å². The molecule has 0 saturated carbocycles. The van der Waals surface area contributed by atoms with Gasteiger partial charge in [0, 0.05) is 38.3 Å². The summed E-state index contributed by atoms with van der Waals surface area (Å²) in [7, 11) is 3.49. The van der Waals surface area contributed by atoms with E-state index < -0.39 is 47.3 Å². The van der Waals surface area contributed by atoms with E-state index in [-0.39, 0.29) is 23.6 Å². The van der Waals surface area contributed by atoms with E-state index >= 15 is 0 Å². The van der Waals surface area contributed by atoms with Crippen LogP contribution in [0.4, 0.5) is 11.4 Å². The molecule has 0 radical (unpaired) electrons. The maximum atomic E-state index is 14.9. The van der Waals surface area contributed by atoms with Crippen LogP contribution in [0.2, 0.25) is 0 Å². The number of fused-ring (bicyclic) bond motifs is 11. The van der Waals surface area contributed by atoms with Crippen molar-refractivity contribution >= 4 is 35.0 Å². The molecule has 0 aliphatic carbocycles. The van der Waals surface area contributed by atoms with Crippen molar-refractivity contribution in [1.29, 1.82) is 0 Å². The van der Waals surface area contributed by atoms with Crippen molar-refractivity contribution in [2.75, 3.05) is 24.7 Å². The van der Waals surface area contributed by atoms with Crippen LogP contribution in [-0.2, 0) is 42.8 Å². The van der Waals surface area contributed by atoms with Gasteiger partial charge in [0.25, 0.3) is 0 Å². The third-order valence-corrected chi connectivity index (χ3v) is 13.2. The second-order valence-electron chi connectivity index (χ2n) is 15.4. The summed E-state index contributed by atoms with van der Waals surface area (Å²) in [6.45, 7) is 0. The van der Waals surface area contributed by atoms with Gasteiger partial charge in [-0.3, -0.25) is 19.2 Å². The molecule has 10 rings (SSSR count). The molecule has 6 aliphatic heterocycles. The molecule has 0 bridgehead atoms. The molecule has 52 heavy (non-hydrogen) atoms. The molecule has 4 aromatic rings. The number of para-hydroxylation sites is 2. The Hall–Kier alpha value is -5.64. The lowest BCUT2D eigenvalue weighted by atomic mass is 9.54. The molecule has 4 fully saturated rings. The largest absolute Gasteiger partial charge is 0.364 e. The Morgan fingerprint density at radius 2 is 0.885 bits per heavy atom. The van der Waals surface area contributed by atoms with E-state index in [4.69, 9.17) is 0 Å². The highest BCUT2D eigenvalue weighted by atomic mass is 16.2. The molecule has 6 heterocycles. The highest BCUT2D eigenvalue weighted by Crippen LogP contribution is 2.69. The number of likely N-dealkylation sites (N-methyl/N-ethyl adjacent to an activating group) is 2. The third kappa shape index (κ3) is 3.84. The SMILES string of the molecule is CN1C(=O)[C@H]2C[C@]3([C@]45C[C@@H]6C(=O)N(C)[C@H](Cc7ccccc7)C(=O)N6[C@H]4Nc4ccccc45)c4ccccc4N[C@@H]3N2C(=O)[C@H]1Cc1ccccc1. The van der Waals surface area contributed by atoms with Crippen LogP contribution in [0, 0.1) is 0 Å². The Balaban J connectivity index is 1.14. The van der Waals surface area contributed by atoms with Gasteiger partial charge in [-0.25, -0.2) is 0 Å². The fourth-order valence-corrected chi connectivity index (χ4v) is 10.9. The molecule has 4 saturated heterocycles. The molecule has 6 aliphatic rings. The van der Waals surface area contributed by atoms with Crippen molar-refractivity contribution in [2.24, 2.45) is 0 Å². The molecular formula is C42H40N6O4. The van der Waals surface area contributed by atoms with Gasteiger partial charge in [0.2, 0.25) is 23.6 Å². The zero-order valence-corrected chi connectivity index (χ0v) is 29.1. The van der Waals surface area contributed by atoms with Gasteiger partial charge >= 0.3 is 0 Å². The van der Waals surface area contributed by atoms with Crippen molar-refractivity contribution in [2.45, 2.75) is 73.0 Å². The number of rotatable bonds is 5. The molecule has 0 aromatic heterocycles. The summed E-state index contributed by atoms with van der Waals surface area (Å²) in [5.41, 5.74) is 4.07. The molecule has 2 N–H and O–H groups in total. The number of hydrogen-bond acceptors (Lipinski definition) is 6. The van der Waals surface area contributed by atoms with Crippen LogP contribution in [0.15, 0.2) is 109 Å². The van der Waals surface area contributed by atoms with E-state index in [9.17, 15) is 19.2 Å². The standard InChI is InChI=1S/C42H40N6O4/c1-45-31(21-25-13-5-3-6-14-25)37(51)47-33(35(45)49)23-41(27-17-9-11-19-29(27)43-39(41)47)42-24-34-36(50)46(2)32(22-26-15-7-4-8-16-26)38(52)48(34)40(42)44-30-20-12-10-18-28(30)42/h3-20,31-34,39-40,43-44H,21-24H2,1-2H3/t31-,32-,33-,34-,39-,40-,41+,42+/m1/s1. The van der Waals surface area contributed by atoms with Crippen LogP contribution in [0.3, 0.4) is 0 Å². The maximum Gasteiger partial charge on any atom is 0.248 e. The molecule has 4 aromatic carbocycles. The zero-order valence-electron chi connectivity index (χ0n) is 29.1. The number of nitrogens with zero attached hydrogens (tertiary/aromatic N) is 4. The van der Waals surface area contributed by atoms with E-state index in [1.807, 2.05) is 107 Å².